The van der Waals surface area contributed by atoms with Crippen LogP contribution in [0.15, 0.2) is 18.5 Å². The van der Waals surface area contributed by atoms with Crippen molar-refractivity contribution in [2.75, 3.05) is 39.4 Å². The van der Waals surface area contributed by atoms with Gasteiger partial charge in [0.25, 0.3) is 0 Å². The van der Waals surface area contributed by atoms with E-state index in [4.69, 9.17) is 4.74 Å². The number of ether oxygens (including phenoxy) is 1. The Labute approximate surface area is 172 Å². The minimum Gasteiger partial charge on any atom is -0.381 e. The zero-order valence-corrected chi connectivity index (χ0v) is 17.2. The number of hydrogen-bond acceptors (Lipinski definition) is 5. The van der Waals surface area contributed by atoms with Crippen molar-refractivity contribution in [2.24, 2.45) is 5.92 Å². The molecule has 1 aromatic rings. The summed E-state index contributed by atoms with van der Waals surface area (Å²) >= 11 is 0. The van der Waals surface area contributed by atoms with Gasteiger partial charge >= 0.3 is 0 Å². The summed E-state index contributed by atoms with van der Waals surface area (Å²) in [4.78, 5) is 29.2. The second-order valence-electron chi connectivity index (χ2n) is 8.47. The summed E-state index contributed by atoms with van der Waals surface area (Å²) in [6.45, 7) is 5.09. The van der Waals surface area contributed by atoms with Crippen LogP contribution in [0.1, 0.15) is 38.5 Å². The lowest BCUT2D eigenvalue weighted by Crippen LogP contribution is -2.53. The molecule has 8 nitrogen and oxygen atoms in total. The fourth-order valence-corrected chi connectivity index (χ4v) is 4.61. The van der Waals surface area contributed by atoms with Crippen LogP contribution in [-0.2, 0) is 20.9 Å². The Morgan fingerprint density at radius 1 is 1.07 bits per heavy atom. The molecule has 3 aliphatic rings. The van der Waals surface area contributed by atoms with E-state index in [1.807, 2.05) is 6.07 Å². The molecule has 0 unspecified atom stereocenters. The minimum atomic E-state index is -0.00882. The Bertz CT molecular complexity index is 662. The number of nitrogens with one attached hydrogen (secondary N) is 1. The molecule has 8 heteroatoms. The summed E-state index contributed by atoms with van der Waals surface area (Å²) in [7, 11) is 0. The lowest BCUT2D eigenvalue weighted by atomic mass is 9.97. The number of piperidine rings is 1. The Hall–Kier alpha value is -1.93. The highest BCUT2D eigenvalue weighted by atomic mass is 16.5. The Morgan fingerprint density at radius 2 is 1.79 bits per heavy atom. The molecule has 3 heterocycles. The van der Waals surface area contributed by atoms with Crippen molar-refractivity contribution >= 4 is 11.8 Å². The Balaban J connectivity index is 1.28. The van der Waals surface area contributed by atoms with E-state index >= 15 is 0 Å². The maximum absolute atomic E-state index is 12.4. The monoisotopic (exact) mass is 403 g/mol. The van der Waals surface area contributed by atoms with Gasteiger partial charge in [-0.25, -0.2) is 0 Å². The third-order valence-electron chi connectivity index (χ3n) is 6.39. The summed E-state index contributed by atoms with van der Waals surface area (Å²) < 4.78 is 7.20. The van der Waals surface area contributed by atoms with Gasteiger partial charge in [0, 0.05) is 69.8 Å². The normalized spacial score (nSPS) is 21.5. The van der Waals surface area contributed by atoms with Gasteiger partial charge in [0.1, 0.15) is 6.54 Å². The molecular weight excluding hydrogens is 370 g/mol. The van der Waals surface area contributed by atoms with Crippen LogP contribution in [0.5, 0.6) is 0 Å². The molecule has 2 amide bonds. The van der Waals surface area contributed by atoms with Gasteiger partial charge < -0.3 is 15.0 Å². The molecule has 0 bridgehead atoms. The number of carbonyl (C=O) groups excluding carboxylic acids is 2. The minimum absolute atomic E-state index is 0.00882. The first-order valence-corrected chi connectivity index (χ1v) is 11.1. The number of aromatic nitrogens is 2. The quantitative estimate of drug-likeness (QED) is 0.697. The fraction of sp³-hybridized carbons (Fsp3) is 0.762. The predicted octanol–water partition coefficient (Wildman–Crippen LogP) is 0.881. The van der Waals surface area contributed by atoms with Gasteiger partial charge in [0.05, 0.1) is 0 Å². The van der Waals surface area contributed by atoms with Crippen molar-refractivity contribution in [2.45, 2.75) is 57.2 Å². The largest absolute Gasteiger partial charge is 0.381 e. The van der Waals surface area contributed by atoms with E-state index in [0.29, 0.717) is 30.5 Å². The maximum Gasteiger partial charge on any atom is 0.241 e. The molecule has 4 rings (SSSR count). The average Bonchev–Trinajstić information content (AvgIpc) is 3.49. The SMILES string of the molecule is O=C(Cn1cccn1)NCCN(C1CCOCC1)C1CCN(C(=O)C2CC2)CC1. The lowest BCUT2D eigenvalue weighted by molar-refractivity contribution is -0.134. The molecule has 0 aromatic carbocycles. The summed E-state index contributed by atoms with van der Waals surface area (Å²) in [5.41, 5.74) is 0. The number of carbonyl (C=O) groups is 2. The molecular formula is C21H33N5O3. The van der Waals surface area contributed by atoms with Gasteiger partial charge in [-0.1, -0.05) is 0 Å². The third-order valence-corrected chi connectivity index (χ3v) is 6.39. The van der Waals surface area contributed by atoms with Gasteiger partial charge in [0.15, 0.2) is 0 Å². The van der Waals surface area contributed by atoms with Crippen molar-refractivity contribution in [3.05, 3.63) is 18.5 Å². The first-order chi connectivity index (χ1) is 14.2. The molecule has 3 fully saturated rings. The van der Waals surface area contributed by atoms with Crippen LogP contribution in [0.2, 0.25) is 0 Å². The van der Waals surface area contributed by atoms with Crippen molar-refractivity contribution < 1.29 is 14.3 Å². The van der Waals surface area contributed by atoms with Crippen molar-refractivity contribution in [3.8, 4) is 0 Å². The summed E-state index contributed by atoms with van der Waals surface area (Å²) in [5, 5.41) is 7.13. The molecule has 1 saturated carbocycles. The highest BCUT2D eigenvalue weighted by molar-refractivity contribution is 5.81. The molecule has 2 saturated heterocycles. The van der Waals surface area contributed by atoms with Crippen LogP contribution in [0.4, 0.5) is 0 Å². The van der Waals surface area contributed by atoms with Crippen molar-refractivity contribution in [1.82, 2.24) is 24.9 Å². The van der Waals surface area contributed by atoms with Crippen LogP contribution in [0.25, 0.3) is 0 Å². The van der Waals surface area contributed by atoms with Crippen LogP contribution in [0.3, 0.4) is 0 Å². The summed E-state index contributed by atoms with van der Waals surface area (Å²) in [6, 6.07) is 2.80. The van der Waals surface area contributed by atoms with E-state index in [1.165, 1.54) is 0 Å². The molecule has 2 aliphatic heterocycles. The number of likely N-dealkylation sites (tertiary alicyclic amines) is 1. The summed E-state index contributed by atoms with van der Waals surface area (Å²) in [6.07, 6.45) is 9.76. The Morgan fingerprint density at radius 3 is 2.45 bits per heavy atom. The van der Waals surface area contributed by atoms with Gasteiger partial charge in [-0.05, 0) is 44.6 Å². The standard InChI is InChI=1S/C21H33N5O3/c27-20(16-25-10-1-8-23-25)22-9-13-26(19-6-14-29-15-7-19)18-4-11-24(12-5-18)21(28)17-2-3-17/h1,8,10,17-19H,2-7,9,11-16H2,(H,22,27). The second-order valence-corrected chi connectivity index (χ2v) is 8.47. The number of rotatable bonds is 8. The first kappa shape index (κ1) is 20.3. The number of hydrogen-bond donors (Lipinski definition) is 1. The van der Waals surface area contributed by atoms with Gasteiger partial charge in [-0.2, -0.15) is 5.10 Å². The van der Waals surface area contributed by atoms with Crippen LogP contribution in [-0.4, -0.2) is 82.9 Å². The van der Waals surface area contributed by atoms with Crippen LogP contribution >= 0.6 is 0 Å². The predicted molar refractivity (Wildman–Crippen MR) is 108 cm³/mol. The maximum atomic E-state index is 12.4. The van der Waals surface area contributed by atoms with E-state index in [1.54, 1.807) is 17.1 Å². The number of amides is 2. The highest BCUT2D eigenvalue weighted by Crippen LogP contribution is 2.32. The average molecular weight is 404 g/mol. The van der Waals surface area contributed by atoms with E-state index in [2.05, 4.69) is 20.2 Å². The van der Waals surface area contributed by atoms with Gasteiger partial charge in [-0.15, -0.1) is 0 Å². The van der Waals surface area contributed by atoms with Gasteiger partial charge in [0.2, 0.25) is 11.8 Å². The smallest absolute Gasteiger partial charge is 0.241 e. The van der Waals surface area contributed by atoms with Crippen LogP contribution < -0.4 is 5.32 Å². The van der Waals surface area contributed by atoms with E-state index in [0.717, 1.165) is 71.4 Å². The zero-order chi connectivity index (χ0) is 20.1. The number of nitrogens with zero attached hydrogens (tertiary/aromatic N) is 4. The molecule has 0 spiro atoms. The third kappa shape index (κ3) is 5.57. The molecule has 1 N–H and O–H groups in total. The molecule has 160 valence electrons. The second kappa shape index (κ2) is 9.71. The van der Waals surface area contributed by atoms with Crippen molar-refractivity contribution in [3.63, 3.8) is 0 Å². The molecule has 29 heavy (non-hydrogen) atoms. The zero-order valence-electron chi connectivity index (χ0n) is 17.2. The van der Waals surface area contributed by atoms with E-state index in [-0.39, 0.29) is 12.5 Å². The fourth-order valence-electron chi connectivity index (χ4n) is 4.61. The lowest BCUT2D eigenvalue weighted by Gasteiger charge is -2.43. The molecule has 1 aliphatic carbocycles. The summed E-state index contributed by atoms with van der Waals surface area (Å²) in [5.74, 6) is 0.667. The molecule has 0 radical (unpaired) electrons. The van der Waals surface area contributed by atoms with E-state index < -0.39 is 0 Å². The first-order valence-electron chi connectivity index (χ1n) is 11.1. The topological polar surface area (TPSA) is 79.7 Å². The van der Waals surface area contributed by atoms with E-state index in [9.17, 15) is 9.59 Å². The molecule has 0 atom stereocenters. The Kier molecular flexibility index (Phi) is 6.82. The highest BCUT2D eigenvalue weighted by Gasteiger charge is 2.36. The van der Waals surface area contributed by atoms with Crippen LogP contribution in [0, 0.1) is 5.92 Å². The van der Waals surface area contributed by atoms with Gasteiger partial charge in [-0.3, -0.25) is 19.2 Å². The van der Waals surface area contributed by atoms with Crippen molar-refractivity contribution in [1.29, 1.82) is 0 Å². The molecule has 1 aromatic heterocycles.